The molecule has 1 fully saturated rings. The third-order valence-corrected chi connectivity index (χ3v) is 7.18. The number of nitrogens with one attached hydrogen (secondary N) is 1. The highest BCUT2D eigenvalue weighted by Gasteiger charge is 2.27. The first kappa shape index (κ1) is 20.9. The molecule has 0 aliphatic carbocycles. The molecule has 0 spiro atoms. The molecule has 4 nitrogen and oxygen atoms in total. The lowest BCUT2D eigenvalue weighted by atomic mass is 9.95. The molecule has 5 heteroatoms. The summed E-state index contributed by atoms with van der Waals surface area (Å²) in [5.41, 5.74) is 4.92. The number of benzene rings is 2. The van der Waals surface area contributed by atoms with Crippen molar-refractivity contribution in [1.82, 2.24) is 10.3 Å². The number of nitrogens with zero attached hydrogens (tertiary/aromatic N) is 2. The Balaban J connectivity index is 1.34. The fourth-order valence-electron chi connectivity index (χ4n) is 4.34. The number of aromatic nitrogens is 1. The van der Waals surface area contributed by atoms with Crippen molar-refractivity contribution in [1.29, 1.82) is 0 Å². The van der Waals surface area contributed by atoms with Crippen molar-refractivity contribution in [2.24, 2.45) is 5.92 Å². The monoisotopic (exact) mass is 421 g/mol. The van der Waals surface area contributed by atoms with Crippen LogP contribution in [0.4, 0.5) is 5.13 Å². The van der Waals surface area contributed by atoms with Crippen LogP contribution in [0.3, 0.4) is 0 Å². The van der Waals surface area contributed by atoms with E-state index in [0.29, 0.717) is 0 Å². The Bertz CT molecular complexity index is 1010. The summed E-state index contributed by atoms with van der Waals surface area (Å²) < 4.78 is 1.26. The summed E-state index contributed by atoms with van der Waals surface area (Å²) >= 11 is 1.77. The summed E-state index contributed by atoms with van der Waals surface area (Å²) in [4.78, 5) is 20.1. The molecule has 2 aromatic carbocycles. The molecule has 0 bridgehead atoms. The van der Waals surface area contributed by atoms with E-state index in [1.807, 2.05) is 6.07 Å². The van der Waals surface area contributed by atoms with Crippen LogP contribution in [0, 0.1) is 19.8 Å². The van der Waals surface area contributed by atoms with Gasteiger partial charge in [0.2, 0.25) is 5.91 Å². The van der Waals surface area contributed by atoms with Gasteiger partial charge < -0.3 is 10.2 Å². The number of amides is 1. The summed E-state index contributed by atoms with van der Waals surface area (Å²) in [6, 6.07) is 15.0. The molecule has 1 N–H and O–H groups in total. The number of thiazole rings is 1. The van der Waals surface area contributed by atoms with Crippen LogP contribution < -0.4 is 10.2 Å². The van der Waals surface area contributed by atoms with Crippen LogP contribution in [-0.4, -0.2) is 30.0 Å². The van der Waals surface area contributed by atoms with E-state index in [0.717, 1.165) is 49.4 Å². The Morgan fingerprint density at radius 3 is 2.63 bits per heavy atom. The van der Waals surface area contributed by atoms with E-state index in [1.165, 1.54) is 21.4 Å². The molecule has 4 rings (SSSR count). The fourth-order valence-corrected chi connectivity index (χ4v) is 5.54. The maximum Gasteiger partial charge on any atom is 0.223 e. The van der Waals surface area contributed by atoms with Crippen LogP contribution in [-0.2, 0) is 11.2 Å². The highest BCUT2D eigenvalue weighted by molar-refractivity contribution is 7.22. The second-order valence-corrected chi connectivity index (χ2v) is 9.50. The van der Waals surface area contributed by atoms with Gasteiger partial charge in [-0.3, -0.25) is 4.79 Å². The van der Waals surface area contributed by atoms with E-state index in [-0.39, 0.29) is 17.9 Å². The number of fused-ring (bicyclic) bond motifs is 1. The Morgan fingerprint density at radius 1 is 1.20 bits per heavy atom. The fraction of sp³-hybridized carbons (Fsp3) is 0.440. The molecule has 1 unspecified atom stereocenters. The van der Waals surface area contributed by atoms with Gasteiger partial charge >= 0.3 is 0 Å². The van der Waals surface area contributed by atoms with Crippen LogP contribution in [0.15, 0.2) is 42.5 Å². The number of carbonyl (C=O) groups excluding carboxylic acids is 1. The zero-order valence-electron chi connectivity index (χ0n) is 18.1. The van der Waals surface area contributed by atoms with Crippen molar-refractivity contribution in [2.75, 3.05) is 18.0 Å². The minimum absolute atomic E-state index is 0.101. The van der Waals surface area contributed by atoms with E-state index < -0.39 is 0 Å². The summed E-state index contributed by atoms with van der Waals surface area (Å²) in [5.74, 6) is 0.317. The molecule has 1 amide bonds. The first-order valence-electron chi connectivity index (χ1n) is 11.0. The van der Waals surface area contributed by atoms with Crippen LogP contribution in [0.2, 0.25) is 0 Å². The van der Waals surface area contributed by atoms with Gasteiger partial charge in [0.1, 0.15) is 0 Å². The first-order valence-corrected chi connectivity index (χ1v) is 11.8. The summed E-state index contributed by atoms with van der Waals surface area (Å²) in [6.07, 6.45) is 3.62. The molecule has 1 saturated heterocycles. The Kier molecular flexibility index (Phi) is 6.38. The second-order valence-electron chi connectivity index (χ2n) is 8.49. The number of hydrogen-bond acceptors (Lipinski definition) is 4. The number of aryl methyl sites for hydroxylation is 2. The van der Waals surface area contributed by atoms with Crippen molar-refractivity contribution in [3.8, 4) is 0 Å². The number of rotatable bonds is 6. The smallest absolute Gasteiger partial charge is 0.223 e. The molecular weight excluding hydrogens is 390 g/mol. The van der Waals surface area contributed by atoms with Crippen molar-refractivity contribution in [3.63, 3.8) is 0 Å². The lowest BCUT2D eigenvalue weighted by molar-refractivity contribution is -0.126. The van der Waals surface area contributed by atoms with E-state index in [4.69, 9.17) is 4.98 Å². The molecule has 0 radical (unpaired) electrons. The quantitative estimate of drug-likeness (QED) is 0.590. The van der Waals surface area contributed by atoms with Crippen molar-refractivity contribution in [2.45, 2.75) is 52.5 Å². The maximum absolute atomic E-state index is 12.9. The van der Waals surface area contributed by atoms with Crippen LogP contribution in [0.1, 0.15) is 42.9 Å². The van der Waals surface area contributed by atoms with Gasteiger partial charge in [-0.15, -0.1) is 0 Å². The summed E-state index contributed by atoms with van der Waals surface area (Å²) in [5, 5.41) is 4.40. The van der Waals surface area contributed by atoms with Gasteiger partial charge in [-0.05, 0) is 62.3 Å². The number of hydrogen-bond donors (Lipinski definition) is 1. The highest BCUT2D eigenvalue weighted by Crippen LogP contribution is 2.33. The molecule has 2 heterocycles. The molecule has 158 valence electrons. The van der Waals surface area contributed by atoms with Crippen molar-refractivity contribution >= 4 is 32.6 Å². The third kappa shape index (κ3) is 4.67. The summed E-state index contributed by atoms with van der Waals surface area (Å²) in [6.45, 7) is 8.20. The van der Waals surface area contributed by atoms with Gasteiger partial charge in [0, 0.05) is 25.0 Å². The number of piperidine rings is 1. The van der Waals surface area contributed by atoms with Gasteiger partial charge in [-0.2, -0.15) is 0 Å². The topological polar surface area (TPSA) is 45.2 Å². The predicted molar refractivity (Wildman–Crippen MR) is 126 cm³/mol. The van der Waals surface area contributed by atoms with E-state index in [9.17, 15) is 4.79 Å². The van der Waals surface area contributed by atoms with E-state index in [2.05, 4.69) is 67.4 Å². The zero-order chi connectivity index (χ0) is 21.1. The minimum Gasteiger partial charge on any atom is -0.353 e. The molecule has 1 aliphatic heterocycles. The maximum atomic E-state index is 12.9. The number of anilines is 1. The van der Waals surface area contributed by atoms with E-state index >= 15 is 0 Å². The average Bonchev–Trinajstić information content (AvgIpc) is 3.18. The lowest BCUT2D eigenvalue weighted by Gasteiger charge is -2.32. The van der Waals surface area contributed by atoms with Gasteiger partial charge in [-0.25, -0.2) is 4.98 Å². The lowest BCUT2D eigenvalue weighted by Crippen LogP contribution is -2.44. The normalized spacial score (nSPS) is 16.0. The SMILES string of the molecule is CCC(Cc1ccccc1)NC(=O)C1CCN(c2nc3c(C)cc(C)cc3s2)CC1. The third-order valence-electron chi connectivity index (χ3n) is 6.12. The highest BCUT2D eigenvalue weighted by atomic mass is 32.1. The minimum atomic E-state index is 0.101. The van der Waals surface area contributed by atoms with Crippen molar-refractivity contribution < 1.29 is 4.79 Å². The zero-order valence-corrected chi connectivity index (χ0v) is 19.0. The summed E-state index contributed by atoms with van der Waals surface area (Å²) in [7, 11) is 0. The largest absolute Gasteiger partial charge is 0.353 e. The standard InChI is InChI=1S/C25H31N3OS/c1-4-21(16-19-8-6-5-7-9-19)26-24(29)20-10-12-28(13-11-20)25-27-23-18(3)14-17(2)15-22(23)30-25/h5-9,14-15,20-21H,4,10-13,16H2,1-3H3,(H,26,29). The predicted octanol–water partition coefficient (Wildman–Crippen LogP) is 5.27. The number of carbonyl (C=O) groups is 1. The molecule has 3 aromatic rings. The van der Waals surface area contributed by atoms with Gasteiger partial charge in [0.15, 0.2) is 5.13 Å². The average molecular weight is 422 g/mol. The van der Waals surface area contributed by atoms with Crippen LogP contribution in [0.5, 0.6) is 0 Å². The first-order chi connectivity index (χ1) is 14.5. The van der Waals surface area contributed by atoms with Crippen LogP contribution >= 0.6 is 11.3 Å². The molecular formula is C25H31N3OS. The Hall–Kier alpha value is -2.40. The molecule has 30 heavy (non-hydrogen) atoms. The Morgan fingerprint density at radius 2 is 1.93 bits per heavy atom. The van der Waals surface area contributed by atoms with Crippen LogP contribution in [0.25, 0.3) is 10.2 Å². The molecule has 1 aromatic heterocycles. The Labute approximate surface area is 183 Å². The van der Waals surface area contributed by atoms with E-state index in [1.54, 1.807) is 11.3 Å². The van der Waals surface area contributed by atoms with Gasteiger partial charge in [0.25, 0.3) is 0 Å². The van der Waals surface area contributed by atoms with Crippen molar-refractivity contribution in [3.05, 3.63) is 59.2 Å². The van der Waals surface area contributed by atoms with Gasteiger partial charge in [-0.1, -0.05) is 54.7 Å². The van der Waals surface area contributed by atoms with Gasteiger partial charge in [0.05, 0.1) is 10.2 Å². The molecule has 1 atom stereocenters. The second kappa shape index (κ2) is 9.17. The molecule has 1 aliphatic rings. The molecule has 0 saturated carbocycles.